The van der Waals surface area contributed by atoms with Crippen molar-refractivity contribution in [2.24, 2.45) is 13.0 Å². The zero-order valence-electron chi connectivity index (χ0n) is 16.1. The predicted octanol–water partition coefficient (Wildman–Crippen LogP) is 2.22. The van der Waals surface area contributed by atoms with E-state index in [1.807, 2.05) is 49.5 Å². The first-order valence-corrected chi connectivity index (χ1v) is 8.81. The lowest BCUT2D eigenvalue weighted by molar-refractivity contribution is -0.122. The van der Waals surface area contributed by atoms with Gasteiger partial charge in [-0.1, -0.05) is 0 Å². The summed E-state index contributed by atoms with van der Waals surface area (Å²) in [5, 5.41) is 7.61. The summed E-state index contributed by atoms with van der Waals surface area (Å²) in [6.07, 6.45) is 3.84. The fourth-order valence-corrected chi connectivity index (χ4v) is 3.58. The number of carbonyl (C=O) groups excluding carboxylic acids is 1. The quantitative estimate of drug-likeness (QED) is 0.813. The Hall–Kier alpha value is -2.25. The monoisotopic (exact) mass is 394 g/mol. The Morgan fingerprint density at radius 3 is 2.63 bits per heavy atom. The topological polar surface area (TPSA) is 68.6 Å². The van der Waals surface area contributed by atoms with Crippen LogP contribution in [0, 0.1) is 5.92 Å². The molecule has 1 N–H and O–H groups in total. The number of anilines is 1. The Morgan fingerprint density at radius 2 is 2.04 bits per heavy atom. The lowest BCUT2D eigenvalue weighted by Gasteiger charge is -2.27. The number of carbonyl (C=O) groups is 1. The van der Waals surface area contributed by atoms with E-state index in [1.54, 1.807) is 18.9 Å². The molecule has 8 heteroatoms. The number of halogens is 1. The minimum Gasteiger partial charge on any atom is -0.493 e. The summed E-state index contributed by atoms with van der Waals surface area (Å²) in [7, 11) is 5.09. The number of amides is 1. The van der Waals surface area contributed by atoms with Crippen molar-refractivity contribution in [2.45, 2.75) is 12.8 Å². The van der Waals surface area contributed by atoms with Crippen LogP contribution in [0.5, 0.6) is 11.5 Å². The van der Waals surface area contributed by atoms with Gasteiger partial charge in [-0.05, 0) is 24.6 Å². The van der Waals surface area contributed by atoms with Crippen LogP contribution in [-0.4, -0.2) is 49.5 Å². The molecule has 1 aromatic carbocycles. The van der Waals surface area contributed by atoms with Crippen LogP contribution in [-0.2, 0) is 11.8 Å². The highest BCUT2D eigenvalue weighted by Crippen LogP contribution is 2.34. The van der Waals surface area contributed by atoms with Crippen molar-refractivity contribution >= 4 is 24.0 Å². The van der Waals surface area contributed by atoms with Gasteiger partial charge in [0.25, 0.3) is 0 Å². The maximum absolute atomic E-state index is 13.3. The first-order valence-electron chi connectivity index (χ1n) is 8.81. The number of hydrogen-bond donors (Lipinski definition) is 1. The normalized spacial score (nSPS) is 18.7. The van der Waals surface area contributed by atoms with Crippen molar-refractivity contribution in [1.29, 1.82) is 0 Å². The molecule has 0 bridgehead atoms. The molecule has 1 saturated heterocycles. The van der Waals surface area contributed by atoms with Gasteiger partial charge in [-0.2, -0.15) is 5.10 Å². The molecule has 0 unspecified atom stereocenters. The first-order chi connectivity index (χ1) is 12.6. The van der Waals surface area contributed by atoms with Gasteiger partial charge < -0.3 is 19.7 Å². The number of rotatable bonds is 6. The molecule has 1 aromatic heterocycles. The summed E-state index contributed by atoms with van der Waals surface area (Å²) in [4.78, 5) is 15.1. The minimum atomic E-state index is -0.118. The fraction of sp³-hybridized carbons (Fsp3) is 0.474. The Kier molecular flexibility index (Phi) is 7.10. The van der Waals surface area contributed by atoms with E-state index < -0.39 is 0 Å². The number of hydrogen-bond acceptors (Lipinski definition) is 5. The second kappa shape index (κ2) is 9.10. The number of aryl methyl sites for hydroxylation is 1. The Morgan fingerprint density at radius 1 is 1.30 bits per heavy atom. The Balaban J connectivity index is 0.00000261. The Bertz CT molecular complexity index is 780. The summed E-state index contributed by atoms with van der Waals surface area (Å²) in [6, 6.07) is 5.57. The van der Waals surface area contributed by atoms with E-state index >= 15 is 0 Å². The van der Waals surface area contributed by atoms with Crippen LogP contribution in [0.3, 0.4) is 0 Å². The van der Waals surface area contributed by atoms with Crippen LogP contribution in [0.15, 0.2) is 30.6 Å². The highest BCUT2D eigenvalue weighted by Gasteiger charge is 2.37. The first kappa shape index (κ1) is 21.1. The summed E-state index contributed by atoms with van der Waals surface area (Å²) in [5.74, 6) is 1.39. The van der Waals surface area contributed by atoms with E-state index in [4.69, 9.17) is 9.47 Å². The summed E-state index contributed by atoms with van der Waals surface area (Å²) >= 11 is 0. The van der Waals surface area contributed by atoms with E-state index in [0.29, 0.717) is 24.6 Å². The van der Waals surface area contributed by atoms with Gasteiger partial charge in [0.15, 0.2) is 11.5 Å². The Labute approximate surface area is 166 Å². The average Bonchev–Trinajstić information content (AvgIpc) is 3.30. The van der Waals surface area contributed by atoms with Crippen LogP contribution in [0.25, 0.3) is 0 Å². The van der Waals surface area contributed by atoms with Crippen LogP contribution >= 0.6 is 12.4 Å². The molecular weight excluding hydrogens is 368 g/mol. The van der Waals surface area contributed by atoms with E-state index in [9.17, 15) is 4.79 Å². The van der Waals surface area contributed by atoms with Crippen LogP contribution < -0.4 is 19.7 Å². The van der Waals surface area contributed by atoms with Gasteiger partial charge in [0, 0.05) is 50.6 Å². The average molecular weight is 395 g/mol. The van der Waals surface area contributed by atoms with Gasteiger partial charge in [0.1, 0.15) is 0 Å². The number of benzene rings is 1. The fourth-order valence-electron chi connectivity index (χ4n) is 3.58. The van der Waals surface area contributed by atoms with Crippen LogP contribution in [0.2, 0.25) is 0 Å². The van der Waals surface area contributed by atoms with Crippen LogP contribution in [0.4, 0.5) is 5.69 Å². The zero-order valence-corrected chi connectivity index (χ0v) is 17.0. The summed E-state index contributed by atoms with van der Waals surface area (Å²) in [5.41, 5.74) is 1.91. The van der Waals surface area contributed by atoms with Gasteiger partial charge in [0.05, 0.1) is 26.3 Å². The van der Waals surface area contributed by atoms with Crippen molar-refractivity contribution in [1.82, 2.24) is 15.1 Å². The number of ether oxygens (including phenoxy) is 2. The minimum absolute atomic E-state index is 0. The maximum Gasteiger partial charge on any atom is 0.232 e. The lowest BCUT2D eigenvalue weighted by atomic mass is 9.89. The molecule has 1 aliphatic rings. The maximum atomic E-state index is 13.3. The third kappa shape index (κ3) is 4.20. The molecule has 2 atom stereocenters. The van der Waals surface area contributed by atoms with Crippen molar-refractivity contribution in [3.8, 4) is 11.5 Å². The largest absolute Gasteiger partial charge is 0.493 e. The molecular formula is C19H27ClN4O3. The van der Waals surface area contributed by atoms with Crippen molar-refractivity contribution < 1.29 is 14.3 Å². The molecule has 0 saturated carbocycles. The molecule has 148 valence electrons. The standard InChI is InChI=1S/C19H26N4O3.ClH/c1-5-23(14-6-7-17(25-3)18(8-14)26-4)19(24)16-11-20-10-15(16)13-9-21-22(2)12-13;/h6-9,12,15-16,20H,5,10-11H2,1-4H3;1H/t15-,16+;/m1./s1. The van der Waals surface area contributed by atoms with E-state index in [2.05, 4.69) is 10.4 Å². The molecule has 2 heterocycles. The second-order valence-corrected chi connectivity index (χ2v) is 6.44. The SMILES string of the molecule is CCN(C(=O)[C@H]1CNC[C@@H]1c1cnn(C)c1)c1ccc(OC)c(OC)c1.Cl. The van der Waals surface area contributed by atoms with Crippen molar-refractivity contribution in [3.05, 3.63) is 36.2 Å². The molecule has 1 fully saturated rings. The van der Waals surface area contributed by atoms with Gasteiger partial charge in [-0.25, -0.2) is 0 Å². The lowest BCUT2D eigenvalue weighted by Crippen LogP contribution is -2.38. The molecule has 3 rings (SSSR count). The number of methoxy groups -OCH3 is 2. The summed E-state index contributed by atoms with van der Waals surface area (Å²) in [6.45, 7) is 4.02. The van der Waals surface area contributed by atoms with E-state index in [1.165, 1.54) is 0 Å². The molecule has 0 radical (unpaired) electrons. The molecule has 1 amide bonds. The number of aromatic nitrogens is 2. The van der Waals surface area contributed by atoms with Gasteiger partial charge in [-0.3, -0.25) is 9.48 Å². The molecule has 1 aliphatic heterocycles. The molecule has 0 aliphatic carbocycles. The number of nitrogens with zero attached hydrogens (tertiary/aromatic N) is 3. The highest BCUT2D eigenvalue weighted by atomic mass is 35.5. The predicted molar refractivity (Wildman–Crippen MR) is 107 cm³/mol. The van der Waals surface area contributed by atoms with Gasteiger partial charge in [-0.15, -0.1) is 12.4 Å². The third-order valence-electron chi connectivity index (χ3n) is 4.95. The highest BCUT2D eigenvalue weighted by molar-refractivity contribution is 5.96. The van der Waals surface area contributed by atoms with E-state index in [-0.39, 0.29) is 30.2 Å². The van der Waals surface area contributed by atoms with Crippen molar-refractivity contribution in [2.75, 3.05) is 38.8 Å². The van der Waals surface area contributed by atoms with Gasteiger partial charge in [0.2, 0.25) is 5.91 Å². The van der Waals surface area contributed by atoms with Crippen molar-refractivity contribution in [3.63, 3.8) is 0 Å². The summed E-state index contributed by atoms with van der Waals surface area (Å²) < 4.78 is 12.5. The smallest absolute Gasteiger partial charge is 0.232 e. The molecule has 27 heavy (non-hydrogen) atoms. The number of nitrogens with one attached hydrogen (secondary N) is 1. The van der Waals surface area contributed by atoms with E-state index in [0.717, 1.165) is 17.8 Å². The van der Waals surface area contributed by atoms with Crippen LogP contribution in [0.1, 0.15) is 18.4 Å². The zero-order chi connectivity index (χ0) is 18.7. The molecule has 0 spiro atoms. The second-order valence-electron chi connectivity index (χ2n) is 6.44. The third-order valence-corrected chi connectivity index (χ3v) is 4.95. The van der Waals surface area contributed by atoms with Gasteiger partial charge >= 0.3 is 0 Å². The molecule has 7 nitrogen and oxygen atoms in total. The molecule has 2 aromatic rings.